The SMILES string of the molecule is C/C=C/c1ccc2n(c1=O)C[C@H]1[C@H](CO)[C@@H](C(=O)NCc3ccccc3)[C@@H]2N1CC.C/C=C\c1ccc2n(c1=O)C[C@H]1[C@H](CO)[C@@H](C(=O)NCc3ccccc3)[C@@H]2N1CC. The highest BCUT2D eigenvalue weighted by Gasteiger charge is 2.56. The Balaban J connectivity index is 0.000000181. The minimum atomic E-state index is -0.399. The minimum Gasteiger partial charge on any atom is -0.396 e. The van der Waals surface area contributed by atoms with Gasteiger partial charge in [0.2, 0.25) is 11.8 Å². The van der Waals surface area contributed by atoms with Crippen LogP contribution in [0.5, 0.6) is 0 Å². The molecule has 0 unspecified atom stereocenters. The van der Waals surface area contributed by atoms with E-state index in [9.17, 15) is 29.4 Å². The molecule has 2 fully saturated rings. The van der Waals surface area contributed by atoms with E-state index in [0.29, 0.717) is 37.3 Å². The second-order valence-corrected chi connectivity index (χ2v) is 16.1. The standard InChI is InChI=1S/2C24H29N3O3/c2*1-3-8-17-11-12-19-22-21(23(29)25-13-16-9-6-5-7-10-16)18(15-28)20(26(22)4-2)14-27(19)24(17)30/h2*3,5-12,18,20-22,28H,4,13-15H2,1-2H3,(H,25,29)/b8-3+;8-3-/t2*18-,20-,21+,22+/m00/s1. The fraction of sp³-hybridized carbons (Fsp3) is 0.417. The zero-order valence-corrected chi connectivity index (χ0v) is 35.0. The van der Waals surface area contributed by atoms with Crippen LogP contribution in [-0.4, -0.2) is 79.3 Å². The highest BCUT2D eigenvalue weighted by molar-refractivity contribution is 5.81. The van der Waals surface area contributed by atoms with E-state index in [4.69, 9.17) is 0 Å². The van der Waals surface area contributed by atoms with Crippen molar-refractivity contribution in [1.29, 1.82) is 0 Å². The molecule has 12 nitrogen and oxygen atoms in total. The van der Waals surface area contributed by atoms with Crippen molar-refractivity contribution in [3.63, 3.8) is 0 Å². The number of hydrogen-bond acceptors (Lipinski definition) is 8. The van der Waals surface area contributed by atoms with Crippen molar-refractivity contribution in [2.45, 2.75) is 78.0 Å². The van der Waals surface area contributed by atoms with E-state index in [-0.39, 0.29) is 72.1 Å². The first kappa shape index (κ1) is 42.7. The summed E-state index contributed by atoms with van der Waals surface area (Å²) in [5.74, 6) is -1.36. The molecule has 4 bridgehead atoms. The normalized spacial score (nSPS) is 25.4. The van der Waals surface area contributed by atoms with Crippen LogP contribution in [0.1, 0.15) is 73.4 Å². The van der Waals surface area contributed by atoms with E-state index < -0.39 is 11.8 Å². The molecule has 4 aromatic rings. The first-order valence-corrected chi connectivity index (χ1v) is 21.3. The zero-order chi connectivity index (χ0) is 42.5. The van der Waals surface area contributed by atoms with Crippen LogP contribution in [0, 0.1) is 23.7 Å². The van der Waals surface area contributed by atoms with Crippen molar-refractivity contribution < 1.29 is 19.8 Å². The molecule has 0 saturated carbocycles. The van der Waals surface area contributed by atoms with E-state index in [1.807, 2.05) is 132 Å². The third kappa shape index (κ3) is 7.97. The molecular formula is C48H58N6O6. The summed E-state index contributed by atoms with van der Waals surface area (Å²) in [4.78, 5) is 57.2. The number of pyridine rings is 2. The minimum absolute atomic E-state index is 0.0293. The summed E-state index contributed by atoms with van der Waals surface area (Å²) in [6.07, 6.45) is 7.35. The van der Waals surface area contributed by atoms with Gasteiger partial charge in [-0.2, -0.15) is 0 Å². The highest BCUT2D eigenvalue weighted by Crippen LogP contribution is 2.49. The van der Waals surface area contributed by atoms with Crippen molar-refractivity contribution in [2.75, 3.05) is 26.3 Å². The van der Waals surface area contributed by atoms with E-state index in [1.54, 1.807) is 0 Å². The Hall–Kier alpha value is -5.40. The van der Waals surface area contributed by atoms with E-state index in [1.165, 1.54) is 0 Å². The van der Waals surface area contributed by atoms with Crippen molar-refractivity contribution in [1.82, 2.24) is 29.6 Å². The Kier molecular flexibility index (Phi) is 13.4. The molecule has 316 valence electrons. The lowest BCUT2D eigenvalue weighted by atomic mass is 9.86. The molecule has 0 aliphatic carbocycles. The predicted octanol–water partition coefficient (Wildman–Crippen LogP) is 4.36. The third-order valence-electron chi connectivity index (χ3n) is 13.0. The van der Waals surface area contributed by atoms with E-state index in [0.717, 1.165) is 35.6 Å². The van der Waals surface area contributed by atoms with E-state index in [2.05, 4.69) is 34.3 Å². The molecule has 4 N–H and O–H groups in total. The second kappa shape index (κ2) is 18.9. The summed E-state index contributed by atoms with van der Waals surface area (Å²) in [7, 11) is 0. The Labute approximate surface area is 351 Å². The Bertz CT molecular complexity index is 2160. The quantitative estimate of drug-likeness (QED) is 0.165. The Morgan fingerprint density at radius 2 is 1.00 bits per heavy atom. The van der Waals surface area contributed by atoms with Gasteiger partial charge in [0.25, 0.3) is 11.1 Å². The van der Waals surface area contributed by atoms with Gasteiger partial charge in [0.1, 0.15) is 0 Å². The summed E-state index contributed by atoms with van der Waals surface area (Å²) in [6.45, 7) is 11.2. The number of aliphatic hydroxyl groups is 2. The molecular weight excluding hydrogens is 757 g/mol. The Morgan fingerprint density at radius 1 is 0.617 bits per heavy atom. The van der Waals surface area contributed by atoms with Gasteiger partial charge in [0, 0.05) is 85.8 Å². The molecule has 4 aliphatic rings. The first-order valence-electron chi connectivity index (χ1n) is 21.3. The van der Waals surface area contributed by atoms with Crippen molar-refractivity contribution >= 4 is 24.0 Å². The zero-order valence-electron chi connectivity index (χ0n) is 35.0. The maximum atomic E-state index is 13.3. The molecule has 2 aromatic heterocycles. The first-order chi connectivity index (χ1) is 29.2. The number of carbonyl (C=O) groups is 2. The molecule has 8 atom stereocenters. The summed E-state index contributed by atoms with van der Waals surface area (Å²) in [6, 6.07) is 26.7. The largest absolute Gasteiger partial charge is 0.396 e. The molecule has 12 heteroatoms. The molecule has 2 saturated heterocycles. The van der Waals surface area contributed by atoms with Gasteiger partial charge in [-0.3, -0.25) is 29.0 Å². The highest BCUT2D eigenvalue weighted by atomic mass is 16.3. The van der Waals surface area contributed by atoms with Gasteiger partial charge in [-0.1, -0.05) is 98.8 Å². The summed E-state index contributed by atoms with van der Waals surface area (Å²) < 4.78 is 3.62. The number of fused-ring (bicyclic) bond motifs is 8. The summed E-state index contributed by atoms with van der Waals surface area (Å²) in [5, 5.41) is 26.6. The number of allylic oxidation sites excluding steroid dienone is 2. The Morgan fingerprint density at radius 3 is 1.33 bits per heavy atom. The summed E-state index contributed by atoms with van der Waals surface area (Å²) in [5.41, 5.74) is 5.04. The maximum absolute atomic E-state index is 13.3. The fourth-order valence-electron chi connectivity index (χ4n) is 10.4. The smallest absolute Gasteiger partial charge is 0.258 e. The molecule has 4 aliphatic heterocycles. The second-order valence-electron chi connectivity index (χ2n) is 16.1. The number of rotatable bonds is 12. The molecule has 60 heavy (non-hydrogen) atoms. The van der Waals surface area contributed by atoms with Gasteiger partial charge in [0.15, 0.2) is 0 Å². The van der Waals surface area contributed by atoms with E-state index >= 15 is 0 Å². The molecule has 8 rings (SSSR count). The van der Waals surface area contributed by atoms with Crippen LogP contribution in [0.3, 0.4) is 0 Å². The number of aliphatic hydroxyl groups excluding tert-OH is 2. The maximum Gasteiger partial charge on any atom is 0.258 e. The van der Waals surface area contributed by atoms with Gasteiger partial charge >= 0.3 is 0 Å². The third-order valence-corrected chi connectivity index (χ3v) is 13.0. The molecule has 2 aromatic carbocycles. The van der Waals surface area contributed by atoms with Crippen LogP contribution in [0.15, 0.2) is 107 Å². The molecule has 0 radical (unpaired) electrons. The lowest BCUT2D eigenvalue weighted by molar-refractivity contribution is -0.128. The van der Waals surface area contributed by atoms with Gasteiger partial charge in [0.05, 0.1) is 23.9 Å². The number of nitrogens with zero attached hydrogens (tertiary/aromatic N) is 4. The van der Waals surface area contributed by atoms with Crippen molar-refractivity contribution in [3.05, 3.63) is 151 Å². The number of amides is 2. The molecule has 6 heterocycles. The summed E-state index contributed by atoms with van der Waals surface area (Å²) >= 11 is 0. The van der Waals surface area contributed by atoms with Crippen LogP contribution in [0.25, 0.3) is 12.2 Å². The number of likely N-dealkylation sites (N-methyl/N-ethyl adjacent to an activating group) is 2. The van der Waals surface area contributed by atoms with Crippen molar-refractivity contribution in [3.8, 4) is 0 Å². The monoisotopic (exact) mass is 814 g/mol. The lowest BCUT2D eigenvalue weighted by Crippen LogP contribution is -2.46. The van der Waals surface area contributed by atoms with Gasteiger partial charge in [-0.25, -0.2) is 0 Å². The van der Waals surface area contributed by atoms with Gasteiger partial charge in [-0.05, 0) is 62.3 Å². The van der Waals surface area contributed by atoms with Crippen LogP contribution in [0.4, 0.5) is 0 Å². The van der Waals surface area contributed by atoms with Gasteiger partial charge in [-0.15, -0.1) is 0 Å². The van der Waals surface area contributed by atoms with Crippen molar-refractivity contribution in [2.24, 2.45) is 23.7 Å². The lowest BCUT2D eigenvalue weighted by Gasteiger charge is -2.37. The predicted molar refractivity (Wildman–Crippen MR) is 233 cm³/mol. The average Bonchev–Trinajstić information content (AvgIpc) is 3.65. The van der Waals surface area contributed by atoms with Crippen LogP contribution in [0.2, 0.25) is 0 Å². The van der Waals surface area contributed by atoms with Crippen LogP contribution < -0.4 is 21.8 Å². The molecule has 0 spiro atoms. The number of nitrogens with one attached hydrogen (secondary N) is 2. The number of aromatic nitrogens is 2. The topological polar surface area (TPSA) is 149 Å². The number of carbonyl (C=O) groups excluding carboxylic acids is 2. The van der Waals surface area contributed by atoms with Gasteiger partial charge < -0.3 is 30.0 Å². The number of benzene rings is 2. The average molecular weight is 815 g/mol. The van der Waals surface area contributed by atoms with Crippen LogP contribution >= 0.6 is 0 Å². The molecule has 2 amide bonds. The fourth-order valence-corrected chi connectivity index (χ4v) is 10.4. The van der Waals surface area contributed by atoms with Crippen LogP contribution in [-0.2, 0) is 35.8 Å². The number of hydrogen-bond donors (Lipinski definition) is 4.